The zero-order valence-corrected chi connectivity index (χ0v) is 15.6. The lowest BCUT2D eigenvalue weighted by atomic mass is 10.1. The molecule has 3 aromatic rings. The molecular weight excluding hydrogens is 354 g/mol. The van der Waals surface area contributed by atoms with Gasteiger partial charge in [0.1, 0.15) is 17.5 Å². The van der Waals surface area contributed by atoms with Crippen LogP contribution in [-0.2, 0) is 4.79 Å². The standard InChI is InChI=1S/C20H21N7O/c1-15(28)26-9-11-27(12-10-26)20-13-16(5-6-23-20)17-3-2-4-18(24-17)25-19-14-21-7-8-22-19/h2-8,13-14H,9-12H2,1H3,(H,22,24,25). The molecule has 8 heteroatoms. The Morgan fingerprint density at radius 2 is 1.86 bits per heavy atom. The van der Waals surface area contributed by atoms with Crippen LogP contribution in [-0.4, -0.2) is 56.9 Å². The molecule has 28 heavy (non-hydrogen) atoms. The maximum absolute atomic E-state index is 11.5. The third-order valence-electron chi connectivity index (χ3n) is 4.66. The van der Waals surface area contributed by atoms with Crippen LogP contribution in [0.5, 0.6) is 0 Å². The predicted molar refractivity (Wildman–Crippen MR) is 107 cm³/mol. The second kappa shape index (κ2) is 7.99. The summed E-state index contributed by atoms with van der Waals surface area (Å²) in [5.41, 5.74) is 1.83. The Morgan fingerprint density at radius 3 is 2.61 bits per heavy atom. The lowest BCUT2D eigenvalue weighted by Gasteiger charge is -2.35. The van der Waals surface area contributed by atoms with Gasteiger partial charge < -0.3 is 15.1 Å². The maximum Gasteiger partial charge on any atom is 0.219 e. The second-order valence-corrected chi connectivity index (χ2v) is 6.52. The number of aromatic nitrogens is 4. The van der Waals surface area contributed by atoms with E-state index in [0.717, 1.165) is 43.3 Å². The number of anilines is 3. The summed E-state index contributed by atoms with van der Waals surface area (Å²) in [5, 5.41) is 3.16. The van der Waals surface area contributed by atoms with Crippen LogP contribution >= 0.6 is 0 Å². The Hall–Kier alpha value is -3.55. The number of hydrogen-bond donors (Lipinski definition) is 1. The fourth-order valence-electron chi connectivity index (χ4n) is 3.16. The van der Waals surface area contributed by atoms with E-state index in [1.807, 2.05) is 35.2 Å². The zero-order chi connectivity index (χ0) is 19.3. The average Bonchev–Trinajstić information content (AvgIpc) is 2.75. The number of hydrogen-bond acceptors (Lipinski definition) is 7. The minimum Gasteiger partial charge on any atom is -0.353 e. The van der Waals surface area contributed by atoms with Gasteiger partial charge in [-0.15, -0.1) is 0 Å². The van der Waals surface area contributed by atoms with Gasteiger partial charge in [0.25, 0.3) is 0 Å². The molecule has 1 N–H and O–H groups in total. The second-order valence-electron chi connectivity index (χ2n) is 6.52. The fourth-order valence-corrected chi connectivity index (χ4v) is 3.16. The van der Waals surface area contributed by atoms with Crippen LogP contribution in [0.3, 0.4) is 0 Å². The van der Waals surface area contributed by atoms with Crippen LogP contribution in [0.1, 0.15) is 6.92 Å². The molecule has 0 aliphatic carbocycles. The first kappa shape index (κ1) is 17.8. The van der Waals surface area contributed by atoms with Gasteiger partial charge in [0, 0.05) is 57.3 Å². The minimum atomic E-state index is 0.123. The molecule has 4 heterocycles. The Bertz CT molecular complexity index is 956. The molecule has 0 aromatic carbocycles. The van der Waals surface area contributed by atoms with Crippen LogP contribution in [0.25, 0.3) is 11.3 Å². The van der Waals surface area contributed by atoms with Crippen molar-refractivity contribution in [3.05, 3.63) is 55.1 Å². The van der Waals surface area contributed by atoms with Crippen LogP contribution in [0, 0.1) is 0 Å². The first-order valence-electron chi connectivity index (χ1n) is 9.16. The molecule has 1 saturated heterocycles. The summed E-state index contributed by atoms with van der Waals surface area (Å²) in [5.74, 6) is 2.37. The Kier molecular flexibility index (Phi) is 5.09. The van der Waals surface area contributed by atoms with Gasteiger partial charge in [0.05, 0.1) is 11.9 Å². The molecular formula is C20H21N7O. The van der Waals surface area contributed by atoms with Gasteiger partial charge >= 0.3 is 0 Å². The van der Waals surface area contributed by atoms with Crippen LogP contribution in [0.4, 0.5) is 17.5 Å². The quantitative estimate of drug-likeness (QED) is 0.749. The summed E-state index contributed by atoms with van der Waals surface area (Å²) < 4.78 is 0. The highest BCUT2D eigenvalue weighted by atomic mass is 16.2. The summed E-state index contributed by atoms with van der Waals surface area (Å²) in [6, 6.07) is 9.80. The molecule has 0 atom stereocenters. The fraction of sp³-hybridized carbons (Fsp3) is 0.250. The maximum atomic E-state index is 11.5. The summed E-state index contributed by atoms with van der Waals surface area (Å²) in [7, 11) is 0. The third kappa shape index (κ3) is 4.06. The topological polar surface area (TPSA) is 87.1 Å². The zero-order valence-electron chi connectivity index (χ0n) is 15.6. The van der Waals surface area contributed by atoms with E-state index in [1.54, 1.807) is 31.7 Å². The molecule has 0 spiro atoms. The van der Waals surface area contributed by atoms with Gasteiger partial charge in [-0.25, -0.2) is 15.0 Å². The SMILES string of the molecule is CC(=O)N1CCN(c2cc(-c3cccc(Nc4cnccn4)n3)ccn2)CC1. The molecule has 4 rings (SSSR count). The van der Waals surface area contributed by atoms with Crippen LogP contribution in [0.2, 0.25) is 0 Å². The lowest BCUT2D eigenvalue weighted by Crippen LogP contribution is -2.48. The van der Waals surface area contributed by atoms with Crippen molar-refractivity contribution in [2.45, 2.75) is 6.92 Å². The van der Waals surface area contributed by atoms with Crippen molar-refractivity contribution < 1.29 is 4.79 Å². The molecule has 1 amide bonds. The van der Waals surface area contributed by atoms with E-state index in [1.165, 1.54) is 0 Å². The monoisotopic (exact) mass is 375 g/mol. The molecule has 142 valence electrons. The number of nitrogens with one attached hydrogen (secondary N) is 1. The molecule has 0 radical (unpaired) electrons. The van der Waals surface area contributed by atoms with E-state index >= 15 is 0 Å². The number of amides is 1. The molecule has 0 unspecified atom stereocenters. The number of pyridine rings is 2. The Morgan fingerprint density at radius 1 is 1.00 bits per heavy atom. The molecule has 1 aliphatic rings. The third-order valence-corrected chi connectivity index (χ3v) is 4.66. The summed E-state index contributed by atoms with van der Waals surface area (Å²) in [4.78, 5) is 33.0. The predicted octanol–water partition coefficient (Wildman–Crippen LogP) is 2.35. The number of carbonyl (C=O) groups excluding carboxylic acids is 1. The smallest absolute Gasteiger partial charge is 0.219 e. The van der Waals surface area contributed by atoms with Gasteiger partial charge in [-0.1, -0.05) is 6.07 Å². The van der Waals surface area contributed by atoms with Gasteiger partial charge in [-0.05, 0) is 24.3 Å². The van der Waals surface area contributed by atoms with Gasteiger partial charge in [0.15, 0.2) is 0 Å². The highest BCUT2D eigenvalue weighted by molar-refractivity contribution is 5.73. The molecule has 1 aliphatic heterocycles. The van der Waals surface area contributed by atoms with Gasteiger partial charge in [0.2, 0.25) is 5.91 Å². The minimum absolute atomic E-state index is 0.123. The first-order chi connectivity index (χ1) is 13.7. The average molecular weight is 375 g/mol. The van der Waals surface area contributed by atoms with Gasteiger partial charge in [-0.3, -0.25) is 9.78 Å². The van der Waals surface area contributed by atoms with Crippen molar-refractivity contribution in [3.63, 3.8) is 0 Å². The number of rotatable bonds is 4. The summed E-state index contributed by atoms with van der Waals surface area (Å²) in [6.45, 7) is 4.60. The number of piperazine rings is 1. The highest BCUT2D eigenvalue weighted by Gasteiger charge is 2.19. The van der Waals surface area contributed by atoms with Gasteiger partial charge in [-0.2, -0.15) is 0 Å². The van der Waals surface area contributed by atoms with Crippen molar-refractivity contribution in [1.29, 1.82) is 0 Å². The van der Waals surface area contributed by atoms with E-state index in [0.29, 0.717) is 11.6 Å². The molecule has 0 saturated carbocycles. The molecule has 0 bridgehead atoms. The van der Waals surface area contributed by atoms with Crippen LogP contribution in [0.15, 0.2) is 55.1 Å². The van der Waals surface area contributed by atoms with E-state index in [9.17, 15) is 4.79 Å². The van der Waals surface area contributed by atoms with E-state index in [2.05, 4.69) is 30.2 Å². The van der Waals surface area contributed by atoms with Crippen molar-refractivity contribution in [2.75, 3.05) is 36.4 Å². The van der Waals surface area contributed by atoms with Crippen molar-refractivity contribution in [1.82, 2.24) is 24.8 Å². The summed E-state index contributed by atoms with van der Waals surface area (Å²) in [6.07, 6.45) is 6.71. The number of carbonyl (C=O) groups is 1. The Labute approximate surface area is 163 Å². The van der Waals surface area contributed by atoms with Crippen molar-refractivity contribution >= 4 is 23.4 Å². The molecule has 3 aromatic heterocycles. The van der Waals surface area contributed by atoms with E-state index < -0.39 is 0 Å². The normalized spacial score (nSPS) is 14.0. The van der Waals surface area contributed by atoms with Crippen molar-refractivity contribution in [2.24, 2.45) is 0 Å². The molecule has 8 nitrogen and oxygen atoms in total. The lowest BCUT2D eigenvalue weighted by molar-refractivity contribution is -0.129. The first-order valence-corrected chi connectivity index (χ1v) is 9.16. The summed E-state index contributed by atoms with van der Waals surface area (Å²) >= 11 is 0. The largest absolute Gasteiger partial charge is 0.353 e. The van der Waals surface area contributed by atoms with E-state index in [-0.39, 0.29) is 5.91 Å². The number of nitrogens with zero attached hydrogens (tertiary/aromatic N) is 6. The van der Waals surface area contributed by atoms with Crippen molar-refractivity contribution in [3.8, 4) is 11.3 Å². The van der Waals surface area contributed by atoms with E-state index in [4.69, 9.17) is 0 Å². The highest BCUT2D eigenvalue weighted by Crippen LogP contribution is 2.24. The van der Waals surface area contributed by atoms with Crippen LogP contribution < -0.4 is 10.2 Å². The Balaban J connectivity index is 1.52. The molecule has 1 fully saturated rings.